The van der Waals surface area contributed by atoms with E-state index < -0.39 is 0 Å². The van der Waals surface area contributed by atoms with Crippen LogP contribution in [0.15, 0.2) is 48.5 Å². The quantitative estimate of drug-likeness (QED) is 0.486. The SMILES string of the molecule is COc1cccc(C(=O)NC(=S)Nc2ccc(-c3nn4c(C)nnc4s3)cc2)c1. The molecule has 0 saturated carbocycles. The molecule has 2 heterocycles. The van der Waals surface area contributed by atoms with Crippen LogP contribution in [0, 0.1) is 6.92 Å². The minimum absolute atomic E-state index is 0.208. The lowest BCUT2D eigenvalue weighted by molar-refractivity contribution is 0.0977. The molecule has 0 atom stereocenters. The van der Waals surface area contributed by atoms with Crippen LogP contribution >= 0.6 is 23.6 Å². The molecule has 8 nitrogen and oxygen atoms in total. The third-order valence-corrected chi connectivity index (χ3v) is 5.25. The molecule has 0 radical (unpaired) electrons. The van der Waals surface area contributed by atoms with Crippen molar-refractivity contribution in [1.82, 2.24) is 25.1 Å². The average Bonchev–Trinajstić information content (AvgIpc) is 3.30. The Labute approximate surface area is 175 Å². The second-order valence-electron chi connectivity index (χ2n) is 6.07. The molecule has 0 aliphatic rings. The Balaban J connectivity index is 1.41. The maximum atomic E-state index is 12.3. The van der Waals surface area contributed by atoms with Gasteiger partial charge in [-0.1, -0.05) is 17.4 Å². The molecular formula is C19H16N6O2S2. The summed E-state index contributed by atoms with van der Waals surface area (Å²) >= 11 is 6.71. The Bertz CT molecular complexity index is 1200. The first-order valence-corrected chi connectivity index (χ1v) is 9.81. The highest BCUT2D eigenvalue weighted by Crippen LogP contribution is 2.26. The number of hydrogen-bond acceptors (Lipinski definition) is 7. The number of carbonyl (C=O) groups excluding carboxylic acids is 1. The summed E-state index contributed by atoms with van der Waals surface area (Å²) in [6.45, 7) is 1.86. The summed E-state index contributed by atoms with van der Waals surface area (Å²) in [7, 11) is 1.55. The molecule has 10 heteroatoms. The van der Waals surface area contributed by atoms with Gasteiger partial charge in [-0.15, -0.1) is 10.2 Å². The summed E-state index contributed by atoms with van der Waals surface area (Å²) in [6, 6.07) is 14.4. The van der Waals surface area contributed by atoms with Crippen LogP contribution in [0.25, 0.3) is 15.5 Å². The van der Waals surface area contributed by atoms with Gasteiger partial charge in [0.1, 0.15) is 10.8 Å². The van der Waals surface area contributed by atoms with Crippen LogP contribution in [0.4, 0.5) is 5.69 Å². The maximum absolute atomic E-state index is 12.3. The lowest BCUT2D eigenvalue weighted by Crippen LogP contribution is -2.34. The summed E-state index contributed by atoms with van der Waals surface area (Å²) in [5, 5.41) is 19.3. The highest BCUT2D eigenvalue weighted by molar-refractivity contribution is 7.80. The summed E-state index contributed by atoms with van der Waals surface area (Å²) in [4.78, 5) is 13.1. The molecule has 1 amide bonds. The maximum Gasteiger partial charge on any atom is 0.257 e. The van der Waals surface area contributed by atoms with E-state index in [2.05, 4.69) is 25.9 Å². The monoisotopic (exact) mass is 424 g/mol. The van der Waals surface area contributed by atoms with Crippen molar-refractivity contribution in [2.75, 3.05) is 12.4 Å². The van der Waals surface area contributed by atoms with Gasteiger partial charge in [0, 0.05) is 16.8 Å². The standard InChI is InChI=1S/C19H16N6O2S2/c1-11-22-23-19-25(11)24-17(29-19)12-6-8-14(9-7-12)20-18(28)21-16(26)13-4-3-5-15(10-13)27-2/h3-10H,1-2H3,(H2,20,21,26,28). The lowest BCUT2D eigenvalue weighted by Gasteiger charge is -2.10. The highest BCUT2D eigenvalue weighted by Gasteiger charge is 2.11. The van der Waals surface area contributed by atoms with Crippen molar-refractivity contribution < 1.29 is 9.53 Å². The molecule has 0 aliphatic heterocycles. The molecule has 0 unspecified atom stereocenters. The van der Waals surface area contributed by atoms with Crippen molar-refractivity contribution in [1.29, 1.82) is 0 Å². The van der Waals surface area contributed by atoms with E-state index in [4.69, 9.17) is 17.0 Å². The van der Waals surface area contributed by atoms with Gasteiger partial charge in [0.15, 0.2) is 10.9 Å². The van der Waals surface area contributed by atoms with Crippen molar-refractivity contribution >= 4 is 45.2 Å². The minimum Gasteiger partial charge on any atom is -0.497 e. The van der Waals surface area contributed by atoms with Gasteiger partial charge in [-0.2, -0.15) is 9.61 Å². The fourth-order valence-corrected chi connectivity index (χ4v) is 3.73. The Morgan fingerprint density at radius 1 is 1.17 bits per heavy atom. The first kappa shape index (κ1) is 19.0. The van der Waals surface area contributed by atoms with Crippen molar-refractivity contribution in [2.45, 2.75) is 6.92 Å². The number of anilines is 1. The number of hydrogen-bond donors (Lipinski definition) is 2. The zero-order chi connectivity index (χ0) is 20.4. The van der Waals surface area contributed by atoms with E-state index in [9.17, 15) is 4.79 Å². The van der Waals surface area contributed by atoms with E-state index in [1.807, 2.05) is 31.2 Å². The van der Waals surface area contributed by atoms with Crippen molar-refractivity contribution in [2.24, 2.45) is 0 Å². The fourth-order valence-electron chi connectivity index (χ4n) is 2.63. The predicted octanol–water partition coefficient (Wildman–Crippen LogP) is 3.30. The first-order valence-electron chi connectivity index (χ1n) is 8.59. The Morgan fingerprint density at radius 3 is 2.69 bits per heavy atom. The second kappa shape index (κ2) is 7.94. The van der Waals surface area contributed by atoms with Crippen molar-refractivity contribution in [3.05, 3.63) is 59.9 Å². The van der Waals surface area contributed by atoms with Crippen molar-refractivity contribution in [3.63, 3.8) is 0 Å². The zero-order valence-corrected chi connectivity index (χ0v) is 17.2. The van der Waals surface area contributed by atoms with Crippen LogP contribution in [0.5, 0.6) is 5.75 Å². The van der Waals surface area contributed by atoms with E-state index in [1.165, 1.54) is 11.3 Å². The van der Waals surface area contributed by atoms with Crippen LogP contribution in [0.2, 0.25) is 0 Å². The third-order valence-electron chi connectivity index (χ3n) is 4.10. The van der Waals surface area contributed by atoms with E-state index in [0.29, 0.717) is 11.3 Å². The molecule has 0 spiro atoms. The Morgan fingerprint density at radius 2 is 1.97 bits per heavy atom. The topological polar surface area (TPSA) is 93.4 Å². The van der Waals surface area contributed by atoms with Gasteiger partial charge in [-0.3, -0.25) is 10.1 Å². The average molecular weight is 425 g/mol. The van der Waals surface area contributed by atoms with E-state index >= 15 is 0 Å². The first-order chi connectivity index (χ1) is 14.0. The molecule has 0 saturated heterocycles. The molecule has 2 aromatic carbocycles. The molecule has 2 aromatic heterocycles. The van der Waals surface area contributed by atoms with Crippen LogP contribution < -0.4 is 15.4 Å². The van der Waals surface area contributed by atoms with Crippen LogP contribution in [-0.4, -0.2) is 37.9 Å². The third kappa shape index (κ3) is 4.08. The molecule has 0 aliphatic carbocycles. The number of nitrogens with zero attached hydrogens (tertiary/aromatic N) is 4. The number of fused-ring (bicyclic) bond motifs is 1. The number of ether oxygens (including phenoxy) is 1. The molecule has 4 aromatic rings. The van der Waals surface area contributed by atoms with Gasteiger partial charge >= 0.3 is 0 Å². The molecule has 0 fully saturated rings. The number of aryl methyl sites for hydroxylation is 1. The largest absolute Gasteiger partial charge is 0.497 e. The Kier molecular flexibility index (Phi) is 5.19. The number of carbonyl (C=O) groups is 1. The number of aromatic nitrogens is 4. The van der Waals surface area contributed by atoms with Gasteiger partial charge in [0.2, 0.25) is 4.96 Å². The highest BCUT2D eigenvalue weighted by atomic mass is 32.1. The molecule has 4 rings (SSSR count). The number of amides is 1. The van der Waals surface area contributed by atoms with Crippen LogP contribution in [-0.2, 0) is 0 Å². The van der Waals surface area contributed by atoms with Gasteiger partial charge in [-0.25, -0.2) is 0 Å². The predicted molar refractivity (Wildman–Crippen MR) is 116 cm³/mol. The summed E-state index contributed by atoms with van der Waals surface area (Å²) in [5.74, 6) is 1.04. The van der Waals surface area contributed by atoms with E-state index in [1.54, 1.807) is 35.9 Å². The lowest BCUT2D eigenvalue weighted by atomic mass is 10.2. The van der Waals surface area contributed by atoms with Crippen molar-refractivity contribution in [3.8, 4) is 16.3 Å². The molecule has 0 bridgehead atoms. The number of thiocarbonyl (C=S) groups is 1. The minimum atomic E-state index is -0.312. The van der Waals surface area contributed by atoms with E-state index in [-0.39, 0.29) is 11.0 Å². The summed E-state index contributed by atoms with van der Waals surface area (Å²) < 4.78 is 6.85. The fraction of sp³-hybridized carbons (Fsp3) is 0.105. The number of benzene rings is 2. The number of nitrogens with one attached hydrogen (secondary N) is 2. The number of rotatable bonds is 4. The van der Waals surface area contributed by atoms with Gasteiger partial charge < -0.3 is 10.1 Å². The van der Waals surface area contributed by atoms with E-state index in [0.717, 1.165) is 27.0 Å². The zero-order valence-electron chi connectivity index (χ0n) is 15.5. The van der Waals surface area contributed by atoms with Gasteiger partial charge in [0.25, 0.3) is 5.91 Å². The Hall–Kier alpha value is -3.37. The summed E-state index contributed by atoms with van der Waals surface area (Å²) in [5.41, 5.74) is 2.17. The van der Waals surface area contributed by atoms with Crippen LogP contribution in [0.3, 0.4) is 0 Å². The molecule has 2 N–H and O–H groups in total. The second-order valence-corrected chi connectivity index (χ2v) is 7.43. The number of methoxy groups -OCH3 is 1. The summed E-state index contributed by atoms with van der Waals surface area (Å²) in [6.07, 6.45) is 0. The van der Waals surface area contributed by atoms with Gasteiger partial charge in [-0.05, 0) is 61.6 Å². The molecule has 146 valence electrons. The molecule has 29 heavy (non-hydrogen) atoms. The normalized spacial score (nSPS) is 10.7. The molecular weight excluding hydrogens is 408 g/mol. The van der Waals surface area contributed by atoms with Crippen LogP contribution in [0.1, 0.15) is 16.2 Å². The smallest absolute Gasteiger partial charge is 0.257 e. The van der Waals surface area contributed by atoms with Gasteiger partial charge in [0.05, 0.1) is 7.11 Å².